The number of nitrogens with two attached hydrogens (primary N) is 1. The maximum atomic E-state index is 12.6. The van der Waals surface area contributed by atoms with Crippen molar-refractivity contribution in [1.82, 2.24) is 18.8 Å². The van der Waals surface area contributed by atoms with E-state index in [1.54, 1.807) is 16.8 Å². The molecule has 1 aliphatic carbocycles. The summed E-state index contributed by atoms with van der Waals surface area (Å²) in [5.74, 6) is -0.427. The summed E-state index contributed by atoms with van der Waals surface area (Å²) in [6, 6.07) is 1.40. The molecular formula is C23H29N7O5S. The molecule has 0 bridgehead atoms. The molecule has 3 atom stereocenters. The second kappa shape index (κ2) is 9.44. The van der Waals surface area contributed by atoms with Gasteiger partial charge in [0.2, 0.25) is 15.9 Å². The molecule has 2 aromatic rings. The van der Waals surface area contributed by atoms with Crippen molar-refractivity contribution in [2.45, 2.75) is 25.8 Å². The van der Waals surface area contributed by atoms with Gasteiger partial charge in [0.1, 0.15) is 0 Å². The summed E-state index contributed by atoms with van der Waals surface area (Å²) in [5, 5.41) is 7.75. The summed E-state index contributed by atoms with van der Waals surface area (Å²) in [4.78, 5) is 39.2. The quantitative estimate of drug-likeness (QED) is 0.552. The largest absolute Gasteiger partial charge is 0.380 e. The van der Waals surface area contributed by atoms with Crippen molar-refractivity contribution < 1.29 is 22.8 Å². The van der Waals surface area contributed by atoms with Crippen LogP contribution in [0, 0.1) is 24.7 Å². The summed E-state index contributed by atoms with van der Waals surface area (Å²) in [5.41, 5.74) is 7.57. The zero-order chi connectivity index (χ0) is 26.4. The lowest BCUT2D eigenvalue weighted by Gasteiger charge is -2.20. The Morgan fingerprint density at radius 1 is 1.17 bits per heavy atom. The molecule has 3 aliphatic rings. The minimum absolute atomic E-state index is 0.0426. The van der Waals surface area contributed by atoms with E-state index in [1.807, 2.05) is 0 Å². The molecule has 3 N–H and O–H groups in total. The zero-order valence-electron chi connectivity index (χ0n) is 20.1. The van der Waals surface area contributed by atoms with Gasteiger partial charge in [-0.1, -0.05) is 0 Å². The Morgan fingerprint density at radius 3 is 2.33 bits per heavy atom. The van der Waals surface area contributed by atoms with Gasteiger partial charge in [-0.2, -0.15) is 5.10 Å². The van der Waals surface area contributed by atoms with Crippen molar-refractivity contribution in [2.75, 3.05) is 42.7 Å². The van der Waals surface area contributed by atoms with Gasteiger partial charge in [-0.25, -0.2) is 22.0 Å². The fourth-order valence-corrected chi connectivity index (χ4v) is 6.37. The Balaban J connectivity index is 0.00000148. The van der Waals surface area contributed by atoms with Gasteiger partial charge < -0.3 is 11.1 Å². The Morgan fingerprint density at radius 2 is 1.81 bits per heavy atom. The number of imide groups is 1. The zero-order valence-corrected chi connectivity index (χ0v) is 20.9. The van der Waals surface area contributed by atoms with E-state index < -0.39 is 22.0 Å². The molecule has 2 aromatic heterocycles. The number of nitrogens with one attached hydrogen (secondary N) is 1. The van der Waals surface area contributed by atoms with Crippen LogP contribution in [0.1, 0.15) is 30.1 Å². The molecule has 36 heavy (non-hydrogen) atoms. The average molecular weight is 516 g/mol. The molecule has 12 nitrogen and oxygen atoms in total. The number of carbonyl (C=O) groups excluding carboxylic acids is 3. The van der Waals surface area contributed by atoms with E-state index in [4.69, 9.17) is 5.73 Å². The van der Waals surface area contributed by atoms with Crippen LogP contribution in [0.5, 0.6) is 0 Å². The molecule has 2 aliphatic heterocycles. The number of aromatic nitrogens is 2. The van der Waals surface area contributed by atoms with E-state index in [9.17, 15) is 22.8 Å². The molecule has 0 radical (unpaired) electrons. The highest BCUT2D eigenvalue weighted by atomic mass is 32.2. The SMILES string of the molecule is C#C.CC(=O)N1CCN(c2cc3c(NC4CC5CN(S(C)(=O)=O)C[C@@H]5C4)c(C(N)=O)cnn3c2)C1=O. The van der Waals surface area contributed by atoms with E-state index >= 15 is 0 Å². The maximum absolute atomic E-state index is 12.6. The lowest BCUT2D eigenvalue weighted by molar-refractivity contribution is -0.125. The molecule has 3 fully saturated rings. The lowest BCUT2D eigenvalue weighted by atomic mass is 10.0. The first-order valence-electron chi connectivity index (χ1n) is 11.5. The standard InChI is InChI=1S/C21H27N7O5S.C2H2/c1-12(29)26-3-4-27(21(26)31)16-7-18-19(17(20(22)30)8-23-28(18)11-16)24-15-5-13-9-25(34(2,32)33)10-14(13)6-15;1-2/h7-8,11,13-15,24H,3-6,9-10H2,1-2H3,(H2,22,30);1-2H/t13-,14?,15?;/m0./s1. The van der Waals surface area contributed by atoms with E-state index in [0.717, 1.165) is 12.8 Å². The first-order chi connectivity index (χ1) is 17.0. The number of terminal acetylenes is 1. The Bertz CT molecular complexity index is 1340. The molecule has 4 heterocycles. The Labute approximate surface area is 209 Å². The molecule has 13 heteroatoms. The summed E-state index contributed by atoms with van der Waals surface area (Å²) >= 11 is 0. The first-order valence-corrected chi connectivity index (χ1v) is 13.3. The number of amides is 4. The number of hydrogen-bond acceptors (Lipinski definition) is 7. The van der Waals surface area contributed by atoms with Crippen LogP contribution in [0.2, 0.25) is 0 Å². The van der Waals surface area contributed by atoms with Crippen LogP contribution in [0.25, 0.3) is 5.52 Å². The van der Waals surface area contributed by atoms with Gasteiger partial charge in [-0.15, -0.1) is 12.8 Å². The van der Waals surface area contributed by atoms with Gasteiger partial charge in [0, 0.05) is 39.1 Å². The van der Waals surface area contributed by atoms with Crippen molar-refractivity contribution in [3.8, 4) is 12.8 Å². The van der Waals surface area contributed by atoms with Gasteiger partial charge >= 0.3 is 6.03 Å². The smallest absolute Gasteiger partial charge is 0.331 e. The number of fused-ring (bicyclic) bond motifs is 2. The maximum Gasteiger partial charge on any atom is 0.331 e. The van der Waals surface area contributed by atoms with Crippen LogP contribution in [0.4, 0.5) is 16.2 Å². The topological polar surface area (TPSA) is 150 Å². The highest BCUT2D eigenvalue weighted by molar-refractivity contribution is 7.88. The number of nitrogens with zero attached hydrogens (tertiary/aromatic N) is 5. The van der Waals surface area contributed by atoms with Crippen molar-refractivity contribution in [2.24, 2.45) is 17.6 Å². The van der Waals surface area contributed by atoms with Crippen LogP contribution >= 0.6 is 0 Å². The number of urea groups is 1. The highest BCUT2D eigenvalue weighted by Gasteiger charge is 2.43. The lowest BCUT2D eigenvalue weighted by Crippen LogP contribution is -2.34. The van der Waals surface area contributed by atoms with Gasteiger partial charge in [0.05, 0.1) is 41.1 Å². The molecule has 4 amide bonds. The van der Waals surface area contributed by atoms with E-state index in [2.05, 4.69) is 23.3 Å². The number of carbonyl (C=O) groups is 3. The normalized spacial score (nSPS) is 24.0. The van der Waals surface area contributed by atoms with Crippen molar-refractivity contribution in [3.05, 3.63) is 24.0 Å². The highest BCUT2D eigenvalue weighted by Crippen LogP contribution is 2.41. The molecule has 2 saturated heterocycles. The molecule has 0 spiro atoms. The van der Waals surface area contributed by atoms with Crippen LogP contribution in [0.15, 0.2) is 18.5 Å². The number of hydrogen-bond donors (Lipinski definition) is 2. The van der Waals surface area contributed by atoms with E-state index in [1.165, 1.54) is 33.5 Å². The third-order valence-electron chi connectivity index (χ3n) is 7.12. The molecule has 2 unspecified atom stereocenters. The second-order valence-corrected chi connectivity index (χ2v) is 11.3. The monoisotopic (exact) mass is 515 g/mol. The fraction of sp³-hybridized carbons (Fsp3) is 0.478. The molecular weight excluding hydrogens is 486 g/mol. The summed E-state index contributed by atoms with van der Waals surface area (Å²) in [6.07, 6.45) is 13.9. The molecule has 192 valence electrons. The van der Waals surface area contributed by atoms with Crippen LogP contribution in [-0.4, -0.2) is 83.6 Å². The van der Waals surface area contributed by atoms with Crippen molar-refractivity contribution in [3.63, 3.8) is 0 Å². The summed E-state index contributed by atoms with van der Waals surface area (Å²) in [6.45, 7) is 3.04. The number of rotatable bonds is 5. The summed E-state index contributed by atoms with van der Waals surface area (Å²) < 4.78 is 26.9. The van der Waals surface area contributed by atoms with Gasteiger partial charge in [-0.05, 0) is 30.7 Å². The van der Waals surface area contributed by atoms with Gasteiger partial charge in [-0.3, -0.25) is 19.4 Å². The van der Waals surface area contributed by atoms with E-state index in [-0.39, 0.29) is 29.3 Å². The minimum atomic E-state index is -3.20. The number of primary amides is 1. The first kappa shape index (κ1) is 25.5. The second-order valence-electron chi connectivity index (χ2n) is 9.34. The van der Waals surface area contributed by atoms with Crippen molar-refractivity contribution in [1.29, 1.82) is 0 Å². The third kappa shape index (κ3) is 4.49. The van der Waals surface area contributed by atoms with Crippen LogP contribution < -0.4 is 16.0 Å². The predicted octanol–water partition coefficient (Wildman–Crippen LogP) is 0.553. The predicted molar refractivity (Wildman–Crippen MR) is 134 cm³/mol. The van der Waals surface area contributed by atoms with Gasteiger partial charge in [0.25, 0.3) is 5.91 Å². The minimum Gasteiger partial charge on any atom is -0.380 e. The molecule has 0 aromatic carbocycles. The number of sulfonamides is 1. The number of anilines is 2. The van der Waals surface area contributed by atoms with Crippen LogP contribution in [-0.2, 0) is 14.8 Å². The Kier molecular flexibility index (Phi) is 6.68. The van der Waals surface area contributed by atoms with E-state index in [0.29, 0.717) is 43.1 Å². The van der Waals surface area contributed by atoms with Crippen LogP contribution in [0.3, 0.4) is 0 Å². The molecule has 1 saturated carbocycles. The Hall–Kier alpha value is -3.63. The van der Waals surface area contributed by atoms with Gasteiger partial charge in [0.15, 0.2) is 0 Å². The fourth-order valence-electron chi connectivity index (χ4n) is 5.45. The van der Waals surface area contributed by atoms with Crippen molar-refractivity contribution >= 4 is 44.8 Å². The average Bonchev–Trinajstić information content (AvgIpc) is 3.55. The molecule has 5 rings (SSSR count). The third-order valence-corrected chi connectivity index (χ3v) is 8.36. The summed E-state index contributed by atoms with van der Waals surface area (Å²) in [7, 11) is -3.20.